The maximum atomic E-state index is 12.8. The van der Waals surface area contributed by atoms with Crippen molar-refractivity contribution in [3.8, 4) is 10.4 Å². The van der Waals surface area contributed by atoms with E-state index in [0.717, 1.165) is 62.3 Å². The molecule has 1 N–H and O–H groups in total. The van der Waals surface area contributed by atoms with Gasteiger partial charge in [0.15, 0.2) is 0 Å². The van der Waals surface area contributed by atoms with Crippen LogP contribution in [0.5, 0.6) is 0 Å². The molecular weight excluding hydrogens is 458 g/mol. The van der Waals surface area contributed by atoms with E-state index in [0.29, 0.717) is 22.9 Å². The van der Waals surface area contributed by atoms with Crippen LogP contribution in [-0.2, 0) is 14.3 Å². The Balaban J connectivity index is 1.31. The fraction of sp³-hybridized carbons (Fsp3) is 0.542. The van der Waals surface area contributed by atoms with Crippen LogP contribution in [-0.4, -0.2) is 66.9 Å². The van der Waals surface area contributed by atoms with Crippen LogP contribution in [0.15, 0.2) is 22.9 Å². The molecule has 2 aliphatic rings. The van der Waals surface area contributed by atoms with E-state index in [1.807, 2.05) is 27.8 Å². The first-order valence-corrected chi connectivity index (χ1v) is 13.4. The van der Waals surface area contributed by atoms with Gasteiger partial charge in [0.05, 0.1) is 13.2 Å². The smallest absolute Gasteiger partial charge is 0.341 e. The van der Waals surface area contributed by atoms with Crippen molar-refractivity contribution in [3.05, 3.63) is 28.5 Å². The first-order chi connectivity index (χ1) is 16.0. The number of piperidine rings is 1. The summed E-state index contributed by atoms with van der Waals surface area (Å²) in [6.45, 7) is 5.76. The molecule has 2 aromatic heterocycles. The Morgan fingerprint density at radius 3 is 2.55 bits per heavy atom. The summed E-state index contributed by atoms with van der Waals surface area (Å²) in [5.74, 6) is 0.139. The highest BCUT2D eigenvalue weighted by atomic mass is 32.1. The first kappa shape index (κ1) is 23.9. The Labute approximate surface area is 202 Å². The Bertz CT molecular complexity index is 959. The van der Waals surface area contributed by atoms with Gasteiger partial charge in [0.25, 0.3) is 0 Å². The lowest BCUT2D eigenvalue weighted by Crippen LogP contribution is -2.40. The topological polar surface area (TPSA) is 79.0 Å². The van der Waals surface area contributed by atoms with Gasteiger partial charge in [-0.05, 0) is 63.1 Å². The van der Waals surface area contributed by atoms with Crippen LogP contribution in [0.3, 0.4) is 0 Å². The Morgan fingerprint density at radius 2 is 1.88 bits per heavy atom. The van der Waals surface area contributed by atoms with E-state index in [-0.39, 0.29) is 25.0 Å². The highest BCUT2D eigenvalue weighted by Crippen LogP contribution is 2.38. The summed E-state index contributed by atoms with van der Waals surface area (Å²) >= 11 is 2.90. The van der Waals surface area contributed by atoms with Crippen LogP contribution >= 0.6 is 22.7 Å². The van der Waals surface area contributed by atoms with Crippen LogP contribution in [0.1, 0.15) is 49.4 Å². The zero-order valence-electron chi connectivity index (χ0n) is 19.0. The fourth-order valence-corrected chi connectivity index (χ4v) is 6.32. The lowest BCUT2D eigenvalue weighted by molar-refractivity contribution is -0.131. The van der Waals surface area contributed by atoms with Crippen LogP contribution in [0.2, 0.25) is 0 Å². The van der Waals surface area contributed by atoms with Crippen LogP contribution in [0.4, 0.5) is 5.00 Å². The zero-order valence-corrected chi connectivity index (χ0v) is 20.6. The van der Waals surface area contributed by atoms with Gasteiger partial charge in [-0.15, -0.1) is 22.7 Å². The summed E-state index contributed by atoms with van der Waals surface area (Å²) in [6.07, 6.45) is 4.74. The van der Waals surface area contributed by atoms with Gasteiger partial charge in [-0.1, -0.05) is 6.07 Å². The molecule has 0 atom stereocenters. The second kappa shape index (κ2) is 11.3. The van der Waals surface area contributed by atoms with E-state index in [9.17, 15) is 14.4 Å². The van der Waals surface area contributed by atoms with Crippen molar-refractivity contribution in [2.45, 2.75) is 39.0 Å². The number of hydrogen-bond acceptors (Lipinski definition) is 7. The lowest BCUT2D eigenvalue weighted by Gasteiger charge is -2.31. The van der Waals surface area contributed by atoms with E-state index < -0.39 is 5.97 Å². The second-order valence-corrected chi connectivity index (χ2v) is 10.4. The molecule has 33 heavy (non-hydrogen) atoms. The van der Waals surface area contributed by atoms with Crippen LogP contribution < -0.4 is 5.32 Å². The third-order valence-corrected chi connectivity index (χ3v) is 8.11. The molecule has 0 aliphatic carbocycles. The number of likely N-dealkylation sites (tertiary alicyclic amines) is 2. The summed E-state index contributed by atoms with van der Waals surface area (Å²) in [5, 5.41) is 7.34. The number of esters is 1. The number of rotatable bonds is 8. The third-order valence-electron chi connectivity index (χ3n) is 6.31. The van der Waals surface area contributed by atoms with Gasteiger partial charge in [-0.25, -0.2) is 4.79 Å². The van der Waals surface area contributed by atoms with Gasteiger partial charge >= 0.3 is 5.97 Å². The fourth-order valence-electron chi connectivity index (χ4n) is 4.53. The average Bonchev–Trinajstić information content (AvgIpc) is 3.57. The molecule has 2 saturated heterocycles. The summed E-state index contributed by atoms with van der Waals surface area (Å²) in [6, 6.07) is 3.90. The summed E-state index contributed by atoms with van der Waals surface area (Å²) < 4.78 is 5.26. The van der Waals surface area contributed by atoms with Gasteiger partial charge in [0.1, 0.15) is 10.6 Å². The number of nitrogens with zero attached hydrogens (tertiary/aromatic N) is 2. The maximum absolute atomic E-state index is 12.8. The van der Waals surface area contributed by atoms with Crippen LogP contribution in [0, 0.1) is 5.92 Å². The molecule has 0 saturated carbocycles. The minimum absolute atomic E-state index is 0.133. The summed E-state index contributed by atoms with van der Waals surface area (Å²) in [7, 11) is 0. The molecule has 178 valence electrons. The van der Waals surface area contributed by atoms with Gasteiger partial charge in [0, 0.05) is 35.3 Å². The standard InChI is InChI=1S/C24H31N3O4S2/c1-2-31-24(30)22-18(19-6-5-13-32-19)16-33-23(22)25-20(28)15-26-11-7-17(8-12-26)14-21(29)27-9-3-4-10-27/h5-6,13,16-17H,2-4,7-12,14-15H2,1H3,(H,25,28). The van der Waals surface area contributed by atoms with E-state index in [4.69, 9.17) is 4.74 Å². The van der Waals surface area contributed by atoms with Crippen molar-refractivity contribution in [2.75, 3.05) is 44.6 Å². The average molecular weight is 490 g/mol. The molecule has 2 amide bonds. The molecule has 0 bridgehead atoms. The van der Waals surface area contributed by atoms with Crippen molar-refractivity contribution in [1.29, 1.82) is 0 Å². The normalized spacial score (nSPS) is 17.3. The molecule has 0 unspecified atom stereocenters. The number of nitrogens with one attached hydrogen (secondary N) is 1. The predicted octanol–water partition coefficient (Wildman–Crippen LogP) is 4.32. The van der Waals surface area contributed by atoms with Crippen molar-refractivity contribution >= 4 is 45.5 Å². The first-order valence-electron chi connectivity index (χ1n) is 11.7. The van der Waals surface area contributed by atoms with E-state index in [1.54, 1.807) is 18.3 Å². The van der Waals surface area contributed by atoms with E-state index in [2.05, 4.69) is 10.2 Å². The molecule has 0 aromatic carbocycles. The molecule has 7 nitrogen and oxygen atoms in total. The van der Waals surface area contributed by atoms with Crippen molar-refractivity contribution in [1.82, 2.24) is 9.80 Å². The Kier molecular flexibility index (Phi) is 8.16. The molecular formula is C24H31N3O4S2. The number of carbonyl (C=O) groups excluding carboxylic acids is 3. The third kappa shape index (κ3) is 6.02. The second-order valence-electron chi connectivity index (χ2n) is 8.61. The minimum atomic E-state index is -0.416. The number of carbonyl (C=O) groups is 3. The lowest BCUT2D eigenvalue weighted by atomic mass is 9.93. The number of ether oxygens (including phenoxy) is 1. The minimum Gasteiger partial charge on any atom is -0.462 e. The number of anilines is 1. The van der Waals surface area contributed by atoms with Crippen molar-refractivity contribution < 1.29 is 19.1 Å². The van der Waals surface area contributed by atoms with Gasteiger partial charge in [-0.2, -0.15) is 0 Å². The molecule has 2 aliphatic heterocycles. The highest BCUT2D eigenvalue weighted by Gasteiger charge is 2.27. The molecule has 0 spiro atoms. The van der Waals surface area contributed by atoms with Crippen molar-refractivity contribution in [2.24, 2.45) is 5.92 Å². The highest BCUT2D eigenvalue weighted by molar-refractivity contribution is 7.17. The van der Waals surface area contributed by atoms with Gasteiger partial charge in [0.2, 0.25) is 11.8 Å². The Hall–Kier alpha value is -2.23. The molecule has 2 fully saturated rings. The van der Waals surface area contributed by atoms with Gasteiger partial charge in [-0.3, -0.25) is 14.5 Å². The molecule has 0 radical (unpaired) electrons. The number of hydrogen-bond donors (Lipinski definition) is 1. The summed E-state index contributed by atoms with van der Waals surface area (Å²) in [5.41, 5.74) is 1.23. The number of thiophene rings is 2. The van der Waals surface area contributed by atoms with Crippen molar-refractivity contribution in [3.63, 3.8) is 0 Å². The quantitative estimate of drug-likeness (QED) is 0.559. The van der Waals surface area contributed by atoms with E-state index >= 15 is 0 Å². The SMILES string of the molecule is CCOC(=O)c1c(-c2cccs2)csc1NC(=O)CN1CCC(CC(=O)N2CCCC2)CC1. The van der Waals surface area contributed by atoms with Crippen LogP contribution in [0.25, 0.3) is 10.4 Å². The molecule has 2 aromatic rings. The summed E-state index contributed by atoms with van der Waals surface area (Å²) in [4.78, 5) is 42.9. The largest absolute Gasteiger partial charge is 0.462 e. The van der Waals surface area contributed by atoms with E-state index in [1.165, 1.54) is 11.3 Å². The molecule has 4 heterocycles. The maximum Gasteiger partial charge on any atom is 0.341 e. The predicted molar refractivity (Wildman–Crippen MR) is 132 cm³/mol. The molecule has 9 heteroatoms. The zero-order chi connectivity index (χ0) is 23.2. The monoisotopic (exact) mass is 489 g/mol. The Morgan fingerprint density at radius 1 is 1.12 bits per heavy atom. The number of amides is 2. The molecule has 4 rings (SSSR count). The van der Waals surface area contributed by atoms with Gasteiger partial charge < -0.3 is 15.0 Å².